The van der Waals surface area contributed by atoms with Crippen molar-refractivity contribution < 1.29 is 22.8 Å². The van der Waals surface area contributed by atoms with Crippen LogP contribution < -0.4 is 15.5 Å². The molecule has 2 fully saturated rings. The van der Waals surface area contributed by atoms with E-state index in [1.165, 1.54) is 6.08 Å². The van der Waals surface area contributed by atoms with E-state index in [0.717, 1.165) is 37.4 Å². The fraction of sp³-hybridized carbons (Fsp3) is 0.500. The molecule has 214 valence electrons. The second-order valence-corrected chi connectivity index (χ2v) is 10.9. The van der Waals surface area contributed by atoms with Gasteiger partial charge >= 0.3 is 6.18 Å². The minimum absolute atomic E-state index is 0.0364. The lowest BCUT2D eigenvalue weighted by Gasteiger charge is -2.35. The molecule has 2 N–H and O–H groups in total. The molecule has 2 aliphatic heterocycles. The van der Waals surface area contributed by atoms with Crippen LogP contribution in [0.25, 0.3) is 0 Å². The predicted octanol–water partition coefficient (Wildman–Crippen LogP) is 4.14. The number of hydrogen-bond acceptors (Lipinski definition) is 7. The Bertz CT molecular complexity index is 1300. The Hall–Kier alpha value is -3.67. The maximum atomic E-state index is 13.8. The first kappa shape index (κ1) is 27.9. The van der Waals surface area contributed by atoms with Crippen molar-refractivity contribution in [3.05, 3.63) is 53.7 Å². The summed E-state index contributed by atoms with van der Waals surface area (Å²) in [5, 5.41) is 5.95. The molecule has 1 aromatic heterocycles. The summed E-state index contributed by atoms with van der Waals surface area (Å²) in [6.45, 7) is 4.88. The topological polar surface area (TPSA) is 93.7 Å². The number of carbonyl (C=O) groups excluding carboxylic acids is 2. The zero-order chi connectivity index (χ0) is 28.6. The second-order valence-electron chi connectivity index (χ2n) is 10.9. The van der Waals surface area contributed by atoms with E-state index in [2.05, 4.69) is 27.2 Å². The number of anilines is 3. The smallest absolute Gasteiger partial charge is 0.354 e. The van der Waals surface area contributed by atoms with Gasteiger partial charge in [0.15, 0.2) is 0 Å². The molecule has 1 aromatic carbocycles. The lowest BCUT2D eigenvalue weighted by molar-refractivity contribution is -0.137. The van der Waals surface area contributed by atoms with Gasteiger partial charge in [0.25, 0.3) is 5.91 Å². The van der Waals surface area contributed by atoms with Gasteiger partial charge < -0.3 is 25.3 Å². The molecule has 2 amide bonds. The van der Waals surface area contributed by atoms with Gasteiger partial charge in [-0.2, -0.15) is 18.2 Å². The Balaban J connectivity index is 1.29. The van der Waals surface area contributed by atoms with Crippen LogP contribution in [0.1, 0.15) is 53.6 Å². The van der Waals surface area contributed by atoms with Gasteiger partial charge in [0, 0.05) is 55.2 Å². The van der Waals surface area contributed by atoms with Gasteiger partial charge in [-0.25, -0.2) is 4.98 Å². The lowest BCUT2D eigenvalue weighted by Crippen LogP contribution is -2.42. The summed E-state index contributed by atoms with van der Waals surface area (Å²) in [4.78, 5) is 38.9. The summed E-state index contributed by atoms with van der Waals surface area (Å²) in [7, 11) is 3.85. The van der Waals surface area contributed by atoms with Crippen LogP contribution in [0.3, 0.4) is 0 Å². The third-order valence-corrected chi connectivity index (χ3v) is 8.08. The molecule has 12 heteroatoms. The largest absolute Gasteiger partial charge is 0.421 e. The van der Waals surface area contributed by atoms with Gasteiger partial charge in [-0.15, -0.1) is 0 Å². The average molecular weight is 558 g/mol. The molecule has 0 spiro atoms. The predicted molar refractivity (Wildman–Crippen MR) is 146 cm³/mol. The van der Waals surface area contributed by atoms with Crippen LogP contribution in [0.5, 0.6) is 0 Å². The number of benzene rings is 1. The van der Waals surface area contributed by atoms with Crippen LogP contribution in [0, 0.1) is 0 Å². The molecule has 1 unspecified atom stereocenters. The van der Waals surface area contributed by atoms with Crippen LogP contribution in [-0.2, 0) is 17.5 Å². The van der Waals surface area contributed by atoms with E-state index < -0.39 is 11.7 Å². The van der Waals surface area contributed by atoms with Crippen molar-refractivity contribution in [2.75, 3.05) is 42.7 Å². The number of nitrogens with one attached hydrogen (secondary N) is 2. The number of rotatable bonds is 7. The first-order valence-electron chi connectivity index (χ1n) is 13.5. The quantitative estimate of drug-likeness (QED) is 0.495. The number of alkyl halides is 3. The molecule has 1 aliphatic carbocycles. The van der Waals surface area contributed by atoms with Crippen LogP contribution >= 0.6 is 0 Å². The molecule has 1 saturated heterocycles. The summed E-state index contributed by atoms with van der Waals surface area (Å²) in [5.74, 6) is -0.362. The number of amides is 2. The molecule has 2 aromatic rings. The highest BCUT2D eigenvalue weighted by atomic mass is 19.4. The van der Waals surface area contributed by atoms with E-state index in [1.807, 2.05) is 30.0 Å². The molecule has 0 bridgehead atoms. The van der Waals surface area contributed by atoms with Gasteiger partial charge in [0.1, 0.15) is 11.4 Å². The van der Waals surface area contributed by atoms with E-state index in [-0.39, 0.29) is 41.7 Å². The van der Waals surface area contributed by atoms with Gasteiger partial charge in [-0.05, 0) is 70.0 Å². The second kappa shape index (κ2) is 11.1. The van der Waals surface area contributed by atoms with Crippen molar-refractivity contribution in [1.82, 2.24) is 19.8 Å². The van der Waals surface area contributed by atoms with Crippen molar-refractivity contribution in [2.24, 2.45) is 0 Å². The molecule has 3 atom stereocenters. The van der Waals surface area contributed by atoms with E-state index in [1.54, 1.807) is 17.0 Å². The van der Waals surface area contributed by atoms with E-state index >= 15 is 0 Å². The van der Waals surface area contributed by atoms with Crippen LogP contribution in [0.15, 0.2) is 37.1 Å². The molecule has 40 heavy (non-hydrogen) atoms. The first-order chi connectivity index (χ1) is 19.0. The van der Waals surface area contributed by atoms with Crippen LogP contribution in [-0.4, -0.2) is 76.9 Å². The number of nitrogens with zero attached hydrogens (tertiary/aromatic N) is 5. The zero-order valence-electron chi connectivity index (χ0n) is 22.7. The van der Waals surface area contributed by atoms with Crippen molar-refractivity contribution >= 4 is 29.3 Å². The maximum Gasteiger partial charge on any atom is 0.421 e. The number of fused-ring (bicyclic) bond motifs is 1. The first-order valence-corrected chi connectivity index (χ1v) is 13.5. The molecule has 3 aliphatic rings. The SMILES string of the molecule is C=CC(=O)Nc1ccc2c(c1)C(=O)N([C@H]1CCC[C@@H](Nc3ncc(C(F)(F)F)c(N4CCC(N(C)C)C4)n3)C1)C2. The number of halogens is 3. The van der Waals surface area contributed by atoms with Crippen molar-refractivity contribution in [3.8, 4) is 0 Å². The fourth-order valence-corrected chi connectivity index (χ4v) is 5.89. The highest BCUT2D eigenvalue weighted by molar-refractivity contribution is 6.02. The molecular formula is C28H34F3N7O2. The maximum absolute atomic E-state index is 13.8. The van der Waals surface area contributed by atoms with Gasteiger partial charge in [-0.1, -0.05) is 12.6 Å². The zero-order valence-corrected chi connectivity index (χ0v) is 22.7. The third-order valence-electron chi connectivity index (χ3n) is 8.08. The van der Waals surface area contributed by atoms with E-state index in [4.69, 9.17) is 0 Å². The summed E-state index contributed by atoms with van der Waals surface area (Å²) >= 11 is 0. The summed E-state index contributed by atoms with van der Waals surface area (Å²) in [6, 6.07) is 5.34. The Kier molecular flexibility index (Phi) is 7.72. The van der Waals surface area contributed by atoms with Crippen LogP contribution in [0.4, 0.5) is 30.6 Å². The summed E-state index contributed by atoms with van der Waals surface area (Å²) < 4.78 is 41.5. The summed E-state index contributed by atoms with van der Waals surface area (Å²) in [6.07, 6.45) is 1.36. The Morgan fingerprint density at radius 3 is 2.73 bits per heavy atom. The van der Waals surface area contributed by atoms with Crippen molar-refractivity contribution in [1.29, 1.82) is 0 Å². The van der Waals surface area contributed by atoms with E-state index in [9.17, 15) is 22.8 Å². The lowest BCUT2D eigenvalue weighted by atomic mass is 9.90. The standard InChI is InChI=1S/C28H34F3N7O2/c1-4-24(39)33-19-9-8-17-15-38(26(40)22(17)13-19)20-7-5-6-18(12-20)34-27-32-14-23(28(29,30)31)25(35-27)37-11-10-21(16-37)36(2)3/h4,8-9,13-14,18,20-21H,1,5-7,10-12,15-16H2,2-3H3,(H,33,39)(H,32,34,35)/t18-,20+,21?/m1/s1. The number of hydrogen-bond donors (Lipinski definition) is 2. The number of aromatic nitrogens is 2. The van der Waals surface area contributed by atoms with Gasteiger partial charge in [0.2, 0.25) is 11.9 Å². The molecule has 3 heterocycles. The molecule has 1 saturated carbocycles. The number of carbonyl (C=O) groups is 2. The van der Waals surface area contributed by atoms with Crippen molar-refractivity contribution in [2.45, 2.75) is 63.0 Å². The Morgan fingerprint density at radius 2 is 2.02 bits per heavy atom. The van der Waals surface area contributed by atoms with Crippen molar-refractivity contribution in [3.63, 3.8) is 0 Å². The Labute approximate surface area is 231 Å². The third kappa shape index (κ3) is 5.77. The van der Waals surface area contributed by atoms with Crippen LogP contribution in [0.2, 0.25) is 0 Å². The minimum atomic E-state index is -4.56. The molecule has 5 rings (SSSR count). The fourth-order valence-electron chi connectivity index (χ4n) is 5.89. The van der Waals surface area contributed by atoms with Gasteiger partial charge in [0.05, 0.1) is 0 Å². The average Bonchev–Trinajstić information content (AvgIpc) is 3.54. The number of likely N-dealkylation sites (N-methyl/N-ethyl adjacent to an activating group) is 1. The Morgan fingerprint density at radius 1 is 1.23 bits per heavy atom. The monoisotopic (exact) mass is 557 g/mol. The molecule has 0 radical (unpaired) electrons. The molecule has 9 nitrogen and oxygen atoms in total. The highest BCUT2D eigenvalue weighted by Crippen LogP contribution is 2.38. The minimum Gasteiger partial charge on any atom is -0.354 e. The highest BCUT2D eigenvalue weighted by Gasteiger charge is 2.39. The summed E-state index contributed by atoms with van der Waals surface area (Å²) in [5.41, 5.74) is 1.17. The molecular weight excluding hydrogens is 523 g/mol. The normalized spacial score (nSPS) is 22.9. The van der Waals surface area contributed by atoms with Gasteiger partial charge in [-0.3, -0.25) is 9.59 Å². The van der Waals surface area contributed by atoms with E-state index in [0.29, 0.717) is 37.3 Å².